The third-order valence-corrected chi connectivity index (χ3v) is 6.85. The van der Waals surface area contributed by atoms with Gasteiger partial charge >= 0.3 is 0 Å². The maximum atomic E-state index is 12.8. The Morgan fingerprint density at radius 1 is 1.23 bits per heavy atom. The number of ether oxygens (including phenoxy) is 1. The molecule has 8 heteroatoms. The summed E-state index contributed by atoms with van der Waals surface area (Å²) in [5.74, 6) is 0.365. The van der Waals surface area contributed by atoms with E-state index in [0.29, 0.717) is 5.69 Å². The molecule has 2 amide bonds. The Labute approximate surface area is 166 Å². The van der Waals surface area contributed by atoms with Crippen LogP contribution in [0.1, 0.15) is 6.42 Å². The van der Waals surface area contributed by atoms with Crippen LogP contribution in [0.5, 0.6) is 5.75 Å². The van der Waals surface area contributed by atoms with Crippen LogP contribution in [0, 0.1) is 0 Å². The third-order valence-electron chi connectivity index (χ3n) is 4.01. The van der Waals surface area contributed by atoms with Crippen molar-refractivity contribution in [3.63, 3.8) is 0 Å². The number of anilines is 1. The van der Waals surface area contributed by atoms with E-state index in [1.165, 1.54) is 28.0 Å². The summed E-state index contributed by atoms with van der Waals surface area (Å²) in [5.41, 5.74) is 1.43. The van der Waals surface area contributed by atoms with Crippen molar-refractivity contribution in [2.45, 2.75) is 16.0 Å². The van der Waals surface area contributed by atoms with Crippen LogP contribution in [-0.2, 0) is 9.59 Å². The number of benzene rings is 2. The fraction of sp³-hybridized carbons (Fsp3) is 0.167. The van der Waals surface area contributed by atoms with Gasteiger partial charge < -0.3 is 4.74 Å². The lowest BCUT2D eigenvalue weighted by molar-refractivity contribution is -0.121. The Balaban J connectivity index is 1.56. The smallest absolute Gasteiger partial charge is 0.247 e. The molecule has 0 unspecified atom stereocenters. The van der Waals surface area contributed by atoms with Gasteiger partial charge in [-0.1, -0.05) is 27.7 Å². The first-order chi connectivity index (χ1) is 12.5. The number of thiazole rings is 1. The van der Waals surface area contributed by atoms with Crippen LogP contribution in [0.2, 0.25) is 0 Å². The molecule has 1 aliphatic heterocycles. The van der Waals surface area contributed by atoms with Gasteiger partial charge in [0.15, 0.2) is 4.34 Å². The highest BCUT2D eigenvalue weighted by atomic mass is 79.9. The molecule has 2 heterocycles. The zero-order chi connectivity index (χ0) is 18.3. The molecular weight excluding hydrogens is 436 g/mol. The number of hydrogen-bond acceptors (Lipinski definition) is 6. The van der Waals surface area contributed by atoms with Crippen LogP contribution in [-0.4, -0.2) is 29.2 Å². The molecule has 26 heavy (non-hydrogen) atoms. The summed E-state index contributed by atoms with van der Waals surface area (Å²) in [7, 11) is 1.61. The van der Waals surface area contributed by atoms with Gasteiger partial charge in [0.1, 0.15) is 11.0 Å². The van der Waals surface area contributed by atoms with Gasteiger partial charge in [0, 0.05) is 17.0 Å². The molecule has 0 N–H and O–H groups in total. The van der Waals surface area contributed by atoms with E-state index < -0.39 is 5.25 Å². The lowest BCUT2D eigenvalue weighted by Crippen LogP contribution is -2.31. The summed E-state index contributed by atoms with van der Waals surface area (Å²) in [5, 5.41) is -0.450. The summed E-state index contributed by atoms with van der Waals surface area (Å²) in [6.07, 6.45) is 0.179. The molecule has 132 valence electrons. The fourth-order valence-corrected chi connectivity index (χ4v) is 5.32. The first kappa shape index (κ1) is 17.5. The Hall–Kier alpha value is -1.90. The number of carbonyl (C=O) groups is 2. The third kappa shape index (κ3) is 3.24. The normalized spacial score (nSPS) is 17.3. The number of nitrogens with zero attached hydrogens (tertiary/aromatic N) is 2. The monoisotopic (exact) mass is 448 g/mol. The lowest BCUT2D eigenvalue weighted by Gasteiger charge is -2.14. The first-order valence-corrected chi connectivity index (χ1v) is 10.3. The highest BCUT2D eigenvalue weighted by Crippen LogP contribution is 2.38. The van der Waals surface area contributed by atoms with E-state index in [9.17, 15) is 9.59 Å². The molecule has 0 aliphatic carbocycles. The maximum absolute atomic E-state index is 12.8. The molecule has 1 atom stereocenters. The van der Waals surface area contributed by atoms with E-state index in [0.717, 1.165) is 24.8 Å². The Kier molecular flexibility index (Phi) is 4.73. The zero-order valence-corrected chi connectivity index (χ0v) is 16.9. The second-order valence-electron chi connectivity index (χ2n) is 5.67. The maximum Gasteiger partial charge on any atom is 0.247 e. The number of rotatable bonds is 4. The van der Waals surface area contributed by atoms with Gasteiger partial charge in [-0.25, -0.2) is 9.88 Å². The van der Waals surface area contributed by atoms with Crippen LogP contribution >= 0.6 is 39.0 Å². The van der Waals surface area contributed by atoms with Crippen LogP contribution in [0.3, 0.4) is 0 Å². The van der Waals surface area contributed by atoms with E-state index in [1.54, 1.807) is 19.2 Å². The molecule has 1 aliphatic rings. The topological polar surface area (TPSA) is 59.5 Å². The number of carbonyl (C=O) groups excluding carboxylic acids is 2. The van der Waals surface area contributed by atoms with Crippen molar-refractivity contribution in [2.24, 2.45) is 0 Å². The molecule has 3 aromatic rings. The predicted octanol–water partition coefficient (Wildman–Crippen LogP) is 4.49. The average molecular weight is 449 g/mol. The van der Waals surface area contributed by atoms with Crippen molar-refractivity contribution >= 4 is 66.7 Å². The molecule has 5 nitrogen and oxygen atoms in total. The van der Waals surface area contributed by atoms with E-state index in [-0.39, 0.29) is 18.2 Å². The van der Waals surface area contributed by atoms with E-state index >= 15 is 0 Å². The fourth-order valence-electron chi connectivity index (χ4n) is 2.74. The van der Waals surface area contributed by atoms with Gasteiger partial charge in [-0.3, -0.25) is 9.59 Å². The Bertz CT molecular complexity index is 1000. The van der Waals surface area contributed by atoms with E-state index in [4.69, 9.17) is 4.74 Å². The molecular formula is C18H13BrN2O3S2. The molecule has 1 aromatic heterocycles. The Morgan fingerprint density at radius 2 is 2.00 bits per heavy atom. The average Bonchev–Trinajstić information content (AvgIpc) is 3.15. The number of hydrogen-bond donors (Lipinski definition) is 0. The minimum Gasteiger partial charge on any atom is -0.497 e. The number of halogens is 1. The van der Waals surface area contributed by atoms with E-state index in [1.807, 2.05) is 30.3 Å². The SMILES string of the molecule is COc1ccc2sc(S[C@@H]3CC(=O)N(c4ccc(Br)cc4)C3=O)nc2c1. The second kappa shape index (κ2) is 7.02. The van der Waals surface area contributed by atoms with Gasteiger partial charge in [0.05, 0.1) is 23.0 Å². The number of methoxy groups -OCH3 is 1. The van der Waals surface area contributed by atoms with Gasteiger partial charge in [-0.15, -0.1) is 11.3 Å². The molecule has 0 bridgehead atoms. The standard InChI is InChI=1S/C18H13BrN2O3S2/c1-24-12-6-7-14-13(8-12)20-18(25-14)26-15-9-16(22)21(17(15)23)11-4-2-10(19)3-5-11/h2-8,15H,9H2,1H3/t15-/m1/s1. The number of fused-ring (bicyclic) bond motifs is 1. The highest BCUT2D eigenvalue weighted by Gasteiger charge is 2.40. The summed E-state index contributed by atoms with van der Waals surface area (Å²) >= 11 is 6.22. The largest absolute Gasteiger partial charge is 0.497 e. The molecule has 1 saturated heterocycles. The predicted molar refractivity (Wildman–Crippen MR) is 107 cm³/mol. The molecule has 2 aromatic carbocycles. The molecule has 0 saturated carbocycles. The minimum absolute atomic E-state index is 0.179. The van der Waals surface area contributed by atoms with Crippen molar-refractivity contribution in [1.82, 2.24) is 4.98 Å². The second-order valence-corrected chi connectivity index (χ2v) is 9.06. The van der Waals surface area contributed by atoms with E-state index in [2.05, 4.69) is 20.9 Å². The number of amides is 2. The minimum atomic E-state index is -0.450. The molecule has 1 fully saturated rings. The molecule has 4 rings (SSSR count). The van der Waals surface area contributed by atoms with Crippen molar-refractivity contribution < 1.29 is 14.3 Å². The quantitative estimate of drug-likeness (QED) is 0.550. The molecule has 0 spiro atoms. The highest BCUT2D eigenvalue weighted by molar-refractivity contribution is 9.10. The summed E-state index contributed by atoms with van der Waals surface area (Å²) < 4.78 is 7.91. The van der Waals surface area contributed by atoms with Gasteiger partial charge in [-0.05, 0) is 36.4 Å². The van der Waals surface area contributed by atoms with Gasteiger partial charge in [-0.2, -0.15) is 0 Å². The Morgan fingerprint density at radius 3 is 2.73 bits per heavy atom. The molecule has 0 radical (unpaired) electrons. The first-order valence-electron chi connectivity index (χ1n) is 7.79. The number of aromatic nitrogens is 1. The van der Waals surface area contributed by atoms with Crippen LogP contribution in [0.15, 0.2) is 51.3 Å². The van der Waals surface area contributed by atoms with Crippen molar-refractivity contribution in [1.29, 1.82) is 0 Å². The van der Waals surface area contributed by atoms with Crippen molar-refractivity contribution in [3.05, 3.63) is 46.9 Å². The number of imide groups is 1. The number of thioether (sulfide) groups is 1. The van der Waals surface area contributed by atoms with Crippen LogP contribution in [0.25, 0.3) is 10.2 Å². The van der Waals surface area contributed by atoms with Crippen molar-refractivity contribution in [2.75, 3.05) is 12.0 Å². The zero-order valence-electron chi connectivity index (χ0n) is 13.6. The van der Waals surface area contributed by atoms with Gasteiger partial charge in [0.2, 0.25) is 11.8 Å². The summed E-state index contributed by atoms with van der Waals surface area (Å²) in [6.45, 7) is 0. The van der Waals surface area contributed by atoms with Crippen LogP contribution in [0.4, 0.5) is 5.69 Å². The summed E-state index contributed by atoms with van der Waals surface area (Å²) in [4.78, 5) is 31.0. The van der Waals surface area contributed by atoms with Crippen molar-refractivity contribution in [3.8, 4) is 5.75 Å². The summed E-state index contributed by atoms with van der Waals surface area (Å²) in [6, 6.07) is 12.9. The van der Waals surface area contributed by atoms with Crippen LogP contribution < -0.4 is 9.64 Å². The van der Waals surface area contributed by atoms with Gasteiger partial charge in [0.25, 0.3) is 0 Å². The lowest BCUT2D eigenvalue weighted by atomic mass is 10.3.